The van der Waals surface area contributed by atoms with Gasteiger partial charge in [0.25, 0.3) is 0 Å². The van der Waals surface area contributed by atoms with E-state index < -0.39 is 10.1 Å². The van der Waals surface area contributed by atoms with Crippen LogP contribution in [0.5, 0.6) is 5.75 Å². The van der Waals surface area contributed by atoms with Crippen LogP contribution in [-0.2, 0) is 10.1 Å². The molecule has 0 saturated carbocycles. The predicted octanol–water partition coefficient (Wildman–Crippen LogP) is 2.97. The molecule has 0 bridgehead atoms. The van der Waals surface area contributed by atoms with E-state index in [0.717, 1.165) is 5.56 Å². The van der Waals surface area contributed by atoms with Gasteiger partial charge in [-0.15, -0.1) is 0 Å². The molecule has 0 spiro atoms. The Kier molecular flexibility index (Phi) is 3.14. The van der Waals surface area contributed by atoms with Crippen LogP contribution in [0.1, 0.15) is 21.5 Å². The van der Waals surface area contributed by atoms with Crippen LogP contribution in [0.2, 0.25) is 0 Å². The summed E-state index contributed by atoms with van der Waals surface area (Å²) in [4.78, 5) is 11.8. The van der Waals surface area contributed by atoms with Crippen molar-refractivity contribution in [3.63, 3.8) is 0 Å². The molecule has 0 aromatic heterocycles. The summed E-state index contributed by atoms with van der Waals surface area (Å²) in [5.41, 5.74) is 1.74. The zero-order valence-electron chi connectivity index (χ0n) is 11.2. The van der Waals surface area contributed by atoms with Crippen molar-refractivity contribution in [2.24, 2.45) is 0 Å². The molecule has 5 heteroatoms. The van der Waals surface area contributed by atoms with E-state index in [1.54, 1.807) is 43.3 Å². The molecule has 0 atom stereocenters. The van der Waals surface area contributed by atoms with Gasteiger partial charge in [-0.25, -0.2) is 0 Å². The number of carbonyl (C=O) groups excluding carboxylic acids is 1. The van der Waals surface area contributed by atoms with E-state index in [-0.39, 0.29) is 16.4 Å². The maximum absolute atomic E-state index is 12.3. The van der Waals surface area contributed by atoms with E-state index in [2.05, 4.69) is 0 Å². The average molecular weight is 300 g/mol. The molecule has 0 saturated heterocycles. The number of ketones is 1. The van der Waals surface area contributed by atoms with Crippen molar-refractivity contribution in [3.8, 4) is 5.75 Å². The fourth-order valence-corrected chi connectivity index (χ4v) is 3.17. The fraction of sp³-hybridized carbons (Fsp3) is 0.0625. The molecule has 0 unspecified atom stereocenters. The number of allylic oxidation sites excluding steroid dienone is 1. The Morgan fingerprint density at radius 1 is 1.00 bits per heavy atom. The van der Waals surface area contributed by atoms with Crippen molar-refractivity contribution >= 4 is 22.0 Å². The zero-order valence-corrected chi connectivity index (χ0v) is 12.1. The van der Waals surface area contributed by atoms with E-state index in [9.17, 15) is 13.2 Å². The van der Waals surface area contributed by atoms with Crippen molar-refractivity contribution in [1.82, 2.24) is 0 Å². The van der Waals surface area contributed by atoms with Gasteiger partial charge in [-0.05, 0) is 48.9 Å². The molecule has 4 nitrogen and oxygen atoms in total. The Hall–Kier alpha value is -2.40. The van der Waals surface area contributed by atoms with Crippen molar-refractivity contribution < 1.29 is 17.4 Å². The zero-order chi connectivity index (χ0) is 15.0. The highest BCUT2D eigenvalue weighted by atomic mass is 32.2. The number of rotatable bonds is 3. The van der Waals surface area contributed by atoms with Crippen molar-refractivity contribution in [3.05, 3.63) is 65.2 Å². The van der Waals surface area contributed by atoms with Gasteiger partial charge in [-0.2, -0.15) is 8.42 Å². The summed E-state index contributed by atoms with van der Waals surface area (Å²) in [6.45, 7) is 1.79. The van der Waals surface area contributed by atoms with Crippen LogP contribution in [0.25, 0.3) is 6.08 Å². The molecule has 2 aromatic carbocycles. The van der Waals surface area contributed by atoms with Crippen LogP contribution in [0.15, 0.2) is 53.4 Å². The first kappa shape index (κ1) is 13.6. The first-order valence-corrected chi connectivity index (χ1v) is 7.75. The summed E-state index contributed by atoms with van der Waals surface area (Å²) < 4.78 is 29.8. The normalized spacial score (nSPS) is 13.3. The second-order valence-corrected chi connectivity index (χ2v) is 6.32. The van der Waals surface area contributed by atoms with Crippen LogP contribution in [0.4, 0.5) is 0 Å². The summed E-state index contributed by atoms with van der Waals surface area (Å²) in [7, 11) is -3.91. The summed E-state index contributed by atoms with van der Waals surface area (Å²) in [5.74, 6) is 0.0339. The molecular weight excluding hydrogens is 288 g/mol. The standard InChI is InChI=1S/C16H12O4S/c1-11-9-14-13(7-8-15(14)17)16(10-11)20-21(18,19)12-5-3-2-4-6-12/h2-10H,1H3. The molecule has 0 radical (unpaired) electrons. The molecular formula is C16H12O4S. The van der Waals surface area contributed by atoms with E-state index in [1.165, 1.54) is 18.2 Å². The summed E-state index contributed by atoms with van der Waals surface area (Å²) in [6.07, 6.45) is 2.99. The van der Waals surface area contributed by atoms with Crippen molar-refractivity contribution in [2.75, 3.05) is 0 Å². The molecule has 3 rings (SSSR count). The Morgan fingerprint density at radius 2 is 1.71 bits per heavy atom. The second kappa shape index (κ2) is 4.86. The van der Waals surface area contributed by atoms with Gasteiger partial charge in [-0.3, -0.25) is 4.79 Å². The smallest absolute Gasteiger partial charge is 0.339 e. The monoisotopic (exact) mass is 300 g/mol. The van der Waals surface area contributed by atoms with E-state index in [4.69, 9.17) is 4.18 Å². The number of fused-ring (bicyclic) bond motifs is 1. The lowest BCUT2D eigenvalue weighted by Gasteiger charge is -2.11. The van der Waals surface area contributed by atoms with Gasteiger partial charge in [0.1, 0.15) is 4.90 Å². The molecule has 106 valence electrons. The van der Waals surface area contributed by atoms with Gasteiger partial charge in [-0.1, -0.05) is 18.2 Å². The molecule has 1 aliphatic rings. The predicted molar refractivity (Wildman–Crippen MR) is 78.8 cm³/mol. The minimum absolute atomic E-state index is 0.0774. The Labute approximate surface area is 122 Å². The maximum Gasteiger partial charge on any atom is 0.339 e. The molecule has 0 aliphatic heterocycles. The molecule has 0 N–H and O–H groups in total. The lowest BCUT2D eigenvalue weighted by Crippen LogP contribution is -2.11. The topological polar surface area (TPSA) is 60.4 Å². The van der Waals surface area contributed by atoms with Gasteiger partial charge in [0.05, 0.1) is 0 Å². The highest BCUT2D eigenvalue weighted by Gasteiger charge is 2.23. The average Bonchev–Trinajstić information content (AvgIpc) is 2.81. The Balaban J connectivity index is 2.06. The van der Waals surface area contributed by atoms with E-state index in [0.29, 0.717) is 11.1 Å². The fourth-order valence-electron chi connectivity index (χ4n) is 2.21. The van der Waals surface area contributed by atoms with Crippen LogP contribution in [0, 0.1) is 6.92 Å². The Bertz CT molecular complexity index is 849. The summed E-state index contributed by atoms with van der Waals surface area (Å²) in [5, 5.41) is 0. The highest BCUT2D eigenvalue weighted by molar-refractivity contribution is 7.87. The highest BCUT2D eigenvalue weighted by Crippen LogP contribution is 2.32. The van der Waals surface area contributed by atoms with Crippen LogP contribution in [-0.4, -0.2) is 14.2 Å². The quantitative estimate of drug-likeness (QED) is 0.818. The van der Waals surface area contributed by atoms with Crippen molar-refractivity contribution in [2.45, 2.75) is 11.8 Å². The van der Waals surface area contributed by atoms with E-state index >= 15 is 0 Å². The first-order chi connectivity index (χ1) is 9.97. The number of hydrogen-bond acceptors (Lipinski definition) is 4. The van der Waals surface area contributed by atoms with Crippen LogP contribution < -0.4 is 4.18 Å². The van der Waals surface area contributed by atoms with Gasteiger partial charge in [0, 0.05) is 11.1 Å². The number of aryl methyl sites for hydroxylation is 1. The lowest BCUT2D eigenvalue weighted by molar-refractivity contribution is 0.105. The molecule has 2 aromatic rings. The third kappa shape index (κ3) is 2.48. The van der Waals surface area contributed by atoms with Gasteiger partial charge in [0.15, 0.2) is 11.5 Å². The van der Waals surface area contributed by atoms with Crippen LogP contribution >= 0.6 is 0 Å². The number of carbonyl (C=O) groups is 1. The Morgan fingerprint density at radius 3 is 2.43 bits per heavy atom. The van der Waals surface area contributed by atoms with Crippen molar-refractivity contribution in [1.29, 1.82) is 0 Å². The number of hydrogen-bond donors (Lipinski definition) is 0. The number of benzene rings is 2. The molecule has 21 heavy (non-hydrogen) atoms. The third-order valence-corrected chi connectivity index (χ3v) is 4.43. The van der Waals surface area contributed by atoms with Gasteiger partial charge < -0.3 is 4.18 Å². The van der Waals surface area contributed by atoms with Gasteiger partial charge in [0.2, 0.25) is 0 Å². The van der Waals surface area contributed by atoms with Crippen LogP contribution in [0.3, 0.4) is 0 Å². The summed E-state index contributed by atoms with van der Waals surface area (Å²) in [6, 6.07) is 11.2. The minimum atomic E-state index is -3.91. The molecule has 0 heterocycles. The largest absolute Gasteiger partial charge is 0.378 e. The second-order valence-electron chi connectivity index (χ2n) is 4.77. The van der Waals surface area contributed by atoms with Gasteiger partial charge >= 0.3 is 10.1 Å². The van der Waals surface area contributed by atoms with E-state index in [1.807, 2.05) is 0 Å². The maximum atomic E-state index is 12.3. The molecule has 0 amide bonds. The summed E-state index contributed by atoms with van der Waals surface area (Å²) >= 11 is 0. The first-order valence-electron chi connectivity index (χ1n) is 6.34. The SMILES string of the molecule is Cc1cc(OS(=O)(=O)c2ccccc2)c2c(c1)C(=O)C=C2. The molecule has 1 aliphatic carbocycles. The minimum Gasteiger partial charge on any atom is -0.378 e. The third-order valence-electron chi connectivity index (χ3n) is 3.18. The molecule has 0 fully saturated rings. The lowest BCUT2D eigenvalue weighted by atomic mass is 10.1.